The van der Waals surface area contributed by atoms with Gasteiger partial charge in [-0.2, -0.15) is 0 Å². The van der Waals surface area contributed by atoms with Crippen molar-refractivity contribution in [2.45, 2.75) is 38.8 Å². The molecule has 0 spiro atoms. The van der Waals surface area contributed by atoms with Gasteiger partial charge in [0.25, 0.3) is 0 Å². The maximum Gasteiger partial charge on any atom is 0.241 e. The topological polar surface area (TPSA) is 46.3 Å². The van der Waals surface area contributed by atoms with Gasteiger partial charge in [-0.15, -0.1) is 0 Å². The Kier molecular flexibility index (Phi) is 2.49. The van der Waals surface area contributed by atoms with E-state index in [0.717, 1.165) is 19.4 Å². The van der Waals surface area contributed by atoms with Gasteiger partial charge in [-0.1, -0.05) is 13.3 Å². The van der Waals surface area contributed by atoms with Crippen LogP contribution in [-0.4, -0.2) is 29.4 Å². The van der Waals surface area contributed by atoms with Crippen molar-refractivity contribution in [3.8, 4) is 0 Å². The van der Waals surface area contributed by atoms with E-state index >= 15 is 0 Å². The van der Waals surface area contributed by atoms with E-state index in [0.29, 0.717) is 6.04 Å². The Balaban J connectivity index is 2.33. The summed E-state index contributed by atoms with van der Waals surface area (Å²) in [6.07, 6.45) is 2.21. The zero-order chi connectivity index (χ0) is 8.43. The highest BCUT2D eigenvalue weighted by atomic mass is 16.2. The molecule has 0 radical (unpaired) electrons. The third-order valence-corrected chi connectivity index (χ3v) is 2.23. The van der Waals surface area contributed by atoms with Crippen LogP contribution in [0.15, 0.2) is 0 Å². The molecule has 3 heteroatoms. The summed E-state index contributed by atoms with van der Waals surface area (Å²) in [6, 6.07) is 0.168. The van der Waals surface area contributed by atoms with Crippen molar-refractivity contribution in [1.82, 2.24) is 4.90 Å². The summed E-state index contributed by atoms with van der Waals surface area (Å²) in [5, 5.41) is 0. The molecule has 0 aromatic carbocycles. The molecule has 0 aromatic rings. The fourth-order valence-corrected chi connectivity index (χ4v) is 1.45. The average molecular weight is 156 g/mol. The summed E-state index contributed by atoms with van der Waals surface area (Å²) in [7, 11) is 0. The number of carbonyl (C=O) groups excluding carboxylic acids is 1. The summed E-state index contributed by atoms with van der Waals surface area (Å²) in [4.78, 5) is 12.9. The third kappa shape index (κ3) is 1.53. The van der Waals surface area contributed by atoms with E-state index in [1.165, 1.54) is 0 Å². The molecule has 0 saturated carbocycles. The minimum Gasteiger partial charge on any atom is -0.336 e. The summed E-state index contributed by atoms with van der Waals surface area (Å²) >= 11 is 0. The van der Waals surface area contributed by atoms with Gasteiger partial charge in [-0.3, -0.25) is 4.79 Å². The molecule has 1 rings (SSSR count). The van der Waals surface area contributed by atoms with E-state index < -0.39 is 0 Å². The zero-order valence-electron chi connectivity index (χ0n) is 7.21. The fraction of sp³-hybridized carbons (Fsp3) is 0.875. The van der Waals surface area contributed by atoms with Crippen molar-refractivity contribution < 1.29 is 4.79 Å². The molecule has 1 aliphatic rings. The number of amides is 1. The zero-order valence-corrected chi connectivity index (χ0v) is 7.21. The van der Waals surface area contributed by atoms with E-state index in [4.69, 9.17) is 5.73 Å². The molecule has 64 valence electrons. The van der Waals surface area contributed by atoms with Crippen LogP contribution >= 0.6 is 0 Å². The van der Waals surface area contributed by atoms with Crippen LogP contribution in [0.5, 0.6) is 0 Å². The first-order valence-electron chi connectivity index (χ1n) is 4.23. The minimum atomic E-state index is -0.214. The average Bonchev–Trinajstić information content (AvgIpc) is 1.99. The summed E-state index contributed by atoms with van der Waals surface area (Å²) < 4.78 is 0. The molecule has 1 saturated heterocycles. The largest absolute Gasteiger partial charge is 0.336 e. The number of nitrogens with two attached hydrogens (primary N) is 1. The molecule has 1 amide bonds. The highest BCUT2D eigenvalue weighted by molar-refractivity contribution is 5.87. The maximum atomic E-state index is 11.1. The summed E-state index contributed by atoms with van der Waals surface area (Å²) in [6.45, 7) is 4.95. The van der Waals surface area contributed by atoms with Crippen molar-refractivity contribution in [3.63, 3.8) is 0 Å². The molecule has 0 aliphatic carbocycles. The molecule has 0 bridgehead atoms. The molecule has 1 fully saturated rings. The second-order valence-corrected chi connectivity index (χ2v) is 3.23. The highest BCUT2D eigenvalue weighted by Gasteiger charge is 2.35. The van der Waals surface area contributed by atoms with Crippen LogP contribution in [0, 0.1) is 0 Å². The summed E-state index contributed by atoms with van der Waals surface area (Å²) in [5.41, 5.74) is 5.46. The quantitative estimate of drug-likeness (QED) is 0.599. The Morgan fingerprint density at radius 1 is 1.82 bits per heavy atom. The van der Waals surface area contributed by atoms with E-state index in [2.05, 4.69) is 13.8 Å². The van der Waals surface area contributed by atoms with Gasteiger partial charge in [0.1, 0.15) is 6.04 Å². The molecule has 1 aliphatic heterocycles. The van der Waals surface area contributed by atoms with Gasteiger partial charge in [0.2, 0.25) is 5.91 Å². The molecular weight excluding hydrogens is 140 g/mol. The Labute approximate surface area is 67.5 Å². The van der Waals surface area contributed by atoms with Gasteiger partial charge in [-0.05, 0) is 13.3 Å². The van der Waals surface area contributed by atoms with Crippen LogP contribution in [0.2, 0.25) is 0 Å². The van der Waals surface area contributed by atoms with Gasteiger partial charge in [0, 0.05) is 12.6 Å². The molecule has 2 unspecified atom stereocenters. The van der Waals surface area contributed by atoms with Crippen molar-refractivity contribution in [3.05, 3.63) is 0 Å². The highest BCUT2D eigenvalue weighted by Crippen LogP contribution is 2.15. The van der Waals surface area contributed by atoms with E-state index in [1.807, 2.05) is 4.90 Å². The third-order valence-electron chi connectivity index (χ3n) is 2.23. The second kappa shape index (κ2) is 3.22. The Morgan fingerprint density at radius 2 is 2.45 bits per heavy atom. The summed E-state index contributed by atoms with van der Waals surface area (Å²) in [5.74, 6) is 0.117. The predicted molar refractivity (Wildman–Crippen MR) is 44.1 cm³/mol. The monoisotopic (exact) mass is 156 g/mol. The number of hydrogen-bond donors (Lipinski definition) is 1. The molecular formula is C8H16N2O. The van der Waals surface area contributed by atoms with Crippen LogP contribution < -0.4 is 5.73 Å². The first-order valence-corrected chi connectivity index (χ1v) is 4.23. The second-order valence-electron chi connectivity index (χ2n) is 3.23. The van der Waals surface area contributed by atoms with Gasteiger partial charge < -0.3 is 10.6 Å². The van der Waals surface area contributed by atoms with Gasteiger partial charge in [0.15, 0.2) is 0 Å². The number of likely N-dealkylation sites (tertiary alicyclic amines) is 1. The van der Waals surface area contributed by atoms with E-state index in [-0.39, 0.29) is 11.9 Å². The lowest BCUT2D eigenvalue weighted by Gasteiger charge is -2.40. The molecule has 11 heavy (non-hydrogen) atoms. The first-order chi connectivity index (χ1) is 5.16. The minimum absolute atomic E-state index is 0.117. The molecule has 2 atom stereocenters. The van der Waals surface area contributed by atoms with Gasteiger partial charge >= 0.3 is 0 Å². The van der Waals surface area contributed by atoms with Crippen molar-refractivity contribution >= 4 is 5.91 Å². The normalized spacial score (nSPS) is 26.6. The smallest absolute Gasteiger partial charge is 0.241 e. The molecule has 1 heterocycles. The van der Waals surface area contributed by atoms with Crippen LogP contribution in [0.25, 0.3) is 0 Å². The lowest BCUT2D eigenvalue weighted by molar-refractivity contribution is -0.145. The number of rotatable bonds is 3. The van der Waals surface area contributed by atoms with Crippen LogP contribution in [0.1, 0.15) is 26.7 Å². The predicted octanol–water partition coefficient (Wildman–Crippen LogP) is 0.344. The molecule has 2 N–H and O–H groups in total. The Bertz CT molecular complexity index is 158. The van der Waals surface area contributed by atoms with Crippen LogP contribution in [-0.2, 0) is 4.79 Å². The van der Waals surface area contributed by atoms with Crippen LogP contribution in [0.3, 0.4) is 0 Å². The first kappa shape index (κ1) is 8.53. The molecule has 0 aromatic heterocycles. The van der Waals surface area contributed by atoms with Crippen molar-refractivity contribution in [2.75, 3.05) is 6.54 Å². The molecule has 3 nitrogen and oxygen atoms in total. The van der Waals surface area contributed by atoms with Crippen molar-refractivity contribution in [2.24, 2.45) is 5.73 Å². The van der Waals surface area contributed by atoms with Crippen molar-refractivity contribution in [1.29, 1.82) is 0 Å². The Hall–Kier alpha value is -0.570. The fourth-order valence-electron chi connectivity index (χ4n) is 1.45. The SMILES string of the molecule is CCCC(C)N1CC(N)C1=O. The lowest BCUT2D eigenvalue weighted by Crippen LogP contribution is -2.63. The maximum absolute atomic E-state index is 11.1. The Morgan fingerprint density at radius 3 is 2.82 bits per heavy atom. The number of carbonyl (C=O) groups is 1. The van der Waals surface area contributed by atoms with E-state index in [9.17, 15) is 4.79 Å². The number of hydrogen-bond acceptors (Lipinski definition) is 2. The lowest BCUT2D eigenvalue weighted by atomic mass is 10.0. The van der Waals surface area contributed by atoms with Gasteiger partial charge in [0.05, 0.1) is 0 Å². The number of β-lactam (4-membered cyclic amide) rings is 1. The standard InChI is InChI=1S/C8H16N2O/c1-3-4-6(2)10-5-7(9)8(10)11/h6-7H,3-5,9H2,1-2H3. The van der Waals surface area contributed by atoms with E-state index in [1.54, 1.807) is 0 Å². The number of nitrogens with zero attached hydrogens (tertiary/aromatic N) is 1. The van der Waals surface area contributed by atoms with Crippen LogP contribution in [0.4, 0.5) is 0 Å². The van der Waals surface area contributed by atoms with Gasteiger partial charge in [-0.25, -0.2) is 0 Å².